The average Bonchev–Trinajstić information content (AvgIpc) is 3.46. The second-order valence-electron chi connectivity index (χ2n) is 28.0. The summed E-state index contributed by atoms with van der Waals surface area (Å²) in [6.07, 6.45) is 93.8. The number of carbonyl (C=O) groups excluding carboxylic acids is 2. The van der Waals surface area contributed by atoms with Crippen molar-refractivity contribution in [1.82, 2.24) is 0 Å². The lowest BCUT2D eigenvalue weighted by Gasteiger charge is -2.25. The van der Waals surface area contributed by atoms with Gasteiger partial charge in [0.05, 0.1) is 34.4 Å². The molecule has 532 valence electrons. The topological polar surface area (TPSA) is 108 Å². The minimum atomic E-state index is -1.51. The Morgan fingerprint density at radius 3 is 0.879 bits per heavy atom. The molecule has 0 saturated heterocycles. The molecular weight excluding hydrogens is 1130 g/mol. The van der Waals surface area contributed by atoms with Crippen molar-refractivity contribution in [3.8, 4) is 0 Å². The zero-order chi connectivity index (χ0) is 66.1. The van der Waals surface area contributed by atoms with Crippen LogP contribution < -0.4 is 0 Å². The van der Waals surface area contributed by atoms with Gasteiger partial charge in [-0.25, -0.2) is 4.79 Å². The van der Waals surface area contributed by atoms with Crippen LogP contribution in [0.3, 0.4) is 0 Å². The molecule has 0 aliphatic heterocycles. The summed E-state index contributed by atoms with van der Waals surface area (Å²) in [4.78, 5) is 37.7. The molecule has 0 spiro atoms. The molecule has 0 aromatic rings. The number of aliphatic carboxylic acids is 1. The van der Waals surface area contributed by atoms with Crippen LogP contribution in [-0.4, -0.2) is 87.4 Å². The van der Waals surface area contributed by atoms with Crippen LogP contribution in [0.15, 0.2) is 60.8 Å². The number of hydrogen-bond acceptors (Lipinski definition) is 7. The summed E-state index contributed by atoms with van der Waals surface area (Å²) in [5.41, 5.74) is 0. The third-order valence-corrected chi connectivity index (χ3v) is 17.7. The van der Waals surface area contributed by atoms with Gasteiger partial charge >= 0.3 is 17.9 Å². The highest BCUT2D eigenvalue weighted by atomic mass is 16.7. The van der Waals surface area contributed by atoms with Gasteiger partial charge in [0.25, 0.3) is 6.29 Å². The fourth-order valence-electron chi connectivity index (χ4n) is 11.7. The maximum absolute atomic E-state index is 13.0. The number of unbranched alkanes of at least 4 members (excludes halogenated alkanes) is 49. The molecule has 0 aromatic carbocycles. The van der Waals surface area contributed by atoms with E-state index in [1.165, 1.54) is 295 Å². The summed E-state index contributed by atoms with van der Waals surface area (Å²) in [6, 6.07) is 0. The van der Waals surface area contributed by atoms with E-state index in [0.29, 0.717) is 17.4 Å². The highest BCUT2D eigenvalue weighted by Gasteiger charge is 2.25. The zero-order valence-electron chi connectivity index (χ0n) is 61.0. The Kier molecular flexibility index (Phi) is 70.4. The van der Waals surface area contributed by atoms with Gasteiger partial charge in [0.15, 0.2) is 6.10 Å². The van der Waals surface area contributed by atoms with Gasteiger partial charge in [-0.05, 0) is 83.5 Å². The van der Waals surface area contributed by atoms with E-state index in [1.54, 1.807) is 0 Å². The molecule has 0 saturated carbocycles. The number of quaternary nitrogens is 1. The van der Waals surface area contributed by atoms with Gasteiger partial charge in [-0.1, -0.05) is 351 Å². The normalized spacial score (nSPS) is 12.9. The fraction of sp³-hybridized carbons (Fsp3) is 0.841. The molecule has 2 unspecified atom stereocenters. The molecule has 1 N–H and O–H groups in total. The lowest BCUT2D eigenvalue weighted by molar-refractivity contribution is -0.870. The van der Waals surface area contributed by atoms with Crippen molar-refractivity contribution in [1.29, 1.82) is 0 Å². The molecule has 2 atom stereocenters. The fourth-order valence-corrected chi connectivity index (χ4v) is 11.7. The molecule has 0 bridgehead atoms. The Bertz CT molecular complexity index is 1680. The van der Waals surface area contributed by atoms with E-state index in [-0.39, 0.29) is 32.2 Å². The highest BCUT2D eigenvalue weighted by Crippen LogP contribution is 2.19. The highest BCUT2D eigenvalue weighted by molar-refractivity contribution is 5.71. The quantitative estimate of drug-likeness (QED) is 0.0211. The molecule has 91 heavy (non-hydrogen) atoms. The van der Waals surface area contributed by atoms with Gasteiger partial charge in [0.2, 0.25) is 0 Å². The van der Waals surface area contributed by atoms with Gasteiger partial charge in [-0.3, -0.25) is 9.59 Å². The summed E-state index contributed by atoms with van der Waals surface area (Å²) >= 11 is 0. The number of carboxylic acid groups (broad SMARTS) is 1. The van der Waals surface area contributed by atoms with E-state index in [1.807, 2.05) is 21.1 Å². The van der Waals surface area contributed by atoms with Crippen LogP contribution in [0.4, 0.5) is 0 Å². The molecule has 9 heteroatoms. The number of esters is 2. The maximum atomic E-state index is 13.0. The van der Waals surface area contributed by atoms with E-state index < -0.39 is 24.3 Å². The van der Waals surface area contributed by atoms with Gasteiger partial charge in [0.1, 0.15) is 13.2 Å². The number of carboxylic acids is 1. The second kappa shape index (κ2) is 72.8. The van der Waals surface area contributed by atoms with Crippen molar-refractivity contribution in [3.63, 3.8) is 0 Å². The molecule has 9 nitrogen and oxygen atoms in total. The SMILES string of the molecule is CCCCCCC/C=C\C/C=C\C/C=C\CCCCCCCCCCCCC(=O)OC(COC(=O)CCCCCCCCCCCCCCCCCCCCCCCCCCCCCCC/C=C\C/C=C\CCCCCCC)COC(OCC[N+](C)(C)C)C(=O)O. The molecule has 0 amide bonds. The lowest BCUT2D eigenvalue weighted by Crippen LogP contribution is -2.40. The second-order valence-corrected chi connectivity index (χ2v) is 28.0. The van der Waals surface area contributed by atoms with E-state index >= 15 is 0 Å². The summed E-state index contributed by atoms with van der Waals surface area (Å²) in [6.45, 7) is 4.91. The predicted octanol–water partition coefficient (Wildman–Crippen LogP) is 25.0. The van der Waals surface area contributed by atoms with Crippen molar-refractivity contribution >= 4 is 17.9 Å². The first-order valence-electron chi connectivity index (χ1n) is 39.5. The Morgan fingerprint density at radius 1 is 0.330 bits per heavy atom. The Morgan fingerprint density at radius 2 is 0.593 bits per heavy atom. The molecule has 0 radical (unpaired) electrons. The molecule has 0 fully saturated rings. The van der Waals surface area contributed by atoms with Crippen molar-refractivity contribution in [2.24, 2.45) is 0 Å². The Balaban J connectivity index is 3.94. The average molecular weight is 1280 g/mol. The van der Waals surface area contributed by atoms with Crippen LogP contribution in [0.2, 0.25) is 0 Å². The van der Waals surface area contributed by atoms with Crippen LogP contribution in [0.5, 0.6) is 0 Å². The monoisotopic (exact) mass is 1280 g/mol. The number of ether oxygens (including phenoxy) is 4. The standard InChI is InChI=1S/C82H151NO8/c1-6-8-10-12-14-16-18-20-22-24-26-28-30-32-33-34-35-36-37-38-39-40-41-42-43-44-45-46-47-49-50-52-54-56-58-60-62-64-66-68-70-72-79(84)89-76-78(77-90-82(81(86)87)88-75-74-83(3,4)5)91-80(85)73-71-69-67-65-63-61-59-57-55-53-51-48-31-29-27-25-23-21-19-17-15-13-11-9-7-2/h18-21,24-27,31,48,78,82H,6-17,22-23,28-30,32-47,49-77H2,1-5H3/p+1/b20-18-,21-19-,26-24-,27-25-,48-31-. The minimum absolute atomic E-state index is 0.181. The Hall–Kier alpha value is -3.01. The first-order chi connectivity index (χ1) is 44.6. The maximum Gasteiger partial charge on any atom is 0.361 e. The van der Waals surface area contributed by atoms with E-state index in [4.69, 9.17) is 18.9 Å². The summed E-state index contributed by atoms with van der Waals surface area (Å²) < 4.78 is 23.0. The van der Waals surface area contributed by atoms with Gasteiger partial charge in [0, 0.05) is 12.8 Å². The van der Waals surface area contributed by atoms with Crippen molar-refractivity contribution in [3.05, 3.63) is 60.8 Å². The smallest absolute Gasteiger partial charge is 0.361 e. The predicted molar refractivity (Wildman–Crippen MR) is 392 cm³/mol. The number of carbonyl (C=O) groups is 3. The van der Waals surface area contributed by atoms with Gasteiger partial charge < -0.3 is 28.5 Å². The molecule has 0 rings (SSSR count). The molecule has 0 heterocycles. The van der Waals surface area contributed by atoms with Crippen LogP contribution >= 0.6 is 0 Å². The number of nitrogens with zero attached hydrogens (tertiary/aromatic N) is 1. The third-order valence-electron chi connectivity index (χ3n) is 17.7. The third kappa shape index (κ3) is 74.3. The zero-order valence-corrected chi connectivity index (χ0v) is 61.0. The summed E-state index contributed by atoms with van der Waals surface area (Å²) in [5, 5.41) is 9.76. The number of allylic oxidation sites excluding steroid dienone is 10. The summed E-state index contributed by atoms with van der Waals surface area (Å²) in [5.74, 6) is -1.99. The molecule has 0 aliphatic carbocycles. The summed E-state index contributed by atoms with van der Waals surface area (Å²) in [7, 11) is 5.99. The van der Waals surface area contributed by atoms with E-state index in [0.717, 1.165) is 64.2 Å². The van der Waals surface area contributed by atoms with Gasteiger partial charge in [-0.2, -0.15) is 0 Å². The largest absolute Gasteiger partial charge is 0.477 e. The van der Waals surface area contributed by atoms with Crippen molar-refractivity contribution < 1.29 is 42.9 Å². The van der Waals surface area contributed by atoms with Crippen molar-refractivity contribution in [2.75, 3.05) is 47.5 Å². The van der Waals surface area contributed by atoms with E-state index in [9.17, 15) is 19.5 Å². The van der Waals surface area contributed by atoms with Crippen molar-refractivity contribution in [2.45, 2.75) is 399 Å². The first kappa shape index (κ1) is 88.0. The van der Waals surface area contributed by atoms with Crippen LogP contribution in [0.25, 0.3) is 0 Å². The molecular formula is C82H152NO8+. The number of likely N-dealkylation sites (N-methyl/N-ethyl adjacent to an activating group) is 1. The molecule has 0 aromatic heterocycles. The van der Waals surface area contributed by atoms with Crippen LogP contribution in [0, 0.1) is 0 Å². The molecule has 0 aliphatic rings. The minimum Gasteiger partial charge on any atom is -0.477 e. The first-order valence-corrected chi connectivity index (χ1v) is 39.5. The van der Waals surface area contributed by atoms with Crippen LogP contribution in [0.1, 0.15) is 386 Å². The Labute approximate surface area is 565 Å². The lowest BCUT2D eigenvalue weighted by atomic mass is 10.0. The van der Waals surface area contributed by atoms with E-state index in [2.05, 4.69) is 74.6 Å². The number of rotatable bonds is 74. The van der Waals surface area contributed by atoms with Crippen LogP contribution in [-0.2, 0) is 33.3 Å². The van der Waals surface area contributed by atoms with Gasteiger partial charge in [-0.15, -0.1) is 0 Å². The number of hydrogen-bond donors (Lipinski definition) is 1.